The third-order valence-corrected chi connectivity index (χ3v) is 4.37. The maximum atomic E-state index is 6.33. The second-order valence-electron chi connectivity index (χ2n) is 4.67. The van der Waals surface area contributed by atoms with Gasteiger partial charge in [-0.05, 0) is 51.2 Å². The zero-order chi connectivity index (χ0) is 12.4. The van der Waals surface area contributed by atoms with E-state index in [2.05, 4.69) is 23.3 Å². The fourth-order valence-electron chi connectivity index (χ4n) is 2.74. The van der Waals surface area contributed by atoms with Gasteiger partial charge in [0.25, 0.3) is 0 Å². The highest BCUT2D eigenvalue weighted by Crippen LogP contribution is 2.40. The molecule has 17 heavy (non-hydrogen) atoms. The van der Waals surface area contributed by atoms with E-state index in [1.807, 2.05) is 19.2 Å². The van der Waals surface area contributed by atoms with Crippen LogP contribution < -0.4 is 5.32 Å². The summed E-state index contributed by atoms with van der Waals surface area (Å²) in [4.78, 5) is 2.36. The molecule has 1 aromatic carbocycles. The fourth-order valence-corrected chi connectivity index (χ4v) is 3.16. The van der Waals surface area contributed by atoms with Gasteiger partial charge in [0.15, 0.2) is 0 Å². The standard InChI is InChI=1S/C13H18Cl2N2/c1-16-8-9-6-7-17(2)13(9)10-4-3-5-11(14)12(10)15/h3-5,9,13,16H,6-8H2,1-2H3. The Balaban J connectivity index is 2.33. The summed E-state index contributed by atoms with van der Waals surface area (Å²) < 4.78 is 0. The van der Waals surface area contributed by atoms with Crippen molar-refractivity contribution in [3.8, 4) is 0 Å². The molecule has 0 aromatic heterocycles. The Hall–Kier alpha value is -0.280. The summed E-state index contributed by atoms with van der Waals surface area (Å²) in [5, 5.41) is 4.61. The number of halogens is 2. The molecule has 2 nitrogen and oxygen atoms in total. The van der Waals surface area contributed by atoms with Gasteiger partial charge in [-0.3, -0.25) is 4.90 Å². The van der Waals surface area contributed by atoms with Gasteiger partial charge in [-0.1, -0.05) is 35.3 Å². The summed E-state index contributed by atoms with van der Waals surface area (Å²) in [6.07, 6.45) is 1.20. The minimum Gasteiger partial charge on any atom is -0.319 e. The molecule has 4 heteroatoms. The van der Waals surface area contributed by atoms with Crippen molar-refractivity contribution in [3.05, 3.63) is 33.8 Å². The molecule has 0 radical (unpaired) electrons. The van der Waals surface area contributed by atoms with Gasteiger partial charge in [-0.15, -0.1) is 0 Å². The van der Waals surface area contributed by atoms with Gasteiger partial charge in [-0.2, -0.15) is 0 Å². The quantitative estimate of drug-likeness (QED) is 0.909. The van der Waals surface area contributed by atoms with Gasteiger partial charge >= 0.3 is 0 Å². The first-order valence-electron chi connectivity index (χ1n) is 5.94. The number of likely N-dealkylation sites (tertiary alicyclic amines) is 1. The predicted octanol–water partition coefficient (Wildman–Crippen LogP) is 3.21. The van der Waals surface area contributed by atoms with Crippen molar-refractivity contribution in [3.63, 3.8) is 0 Å². The molecule has 1 aromatic rings. The third kappa shape index (κ3) is 2.60. The zero-order valence-electron chi connectivity index (χ0n) is 10.2. The van der Waals surface area contributed by atoms with Crippen molar-refractivity contribution in [1.29, 1.82) is 0 Å². The SMILES string of the molecule is CNCC1CCN(C)C1c1cccc(Cl)c1Cl. The maximum absolute atomic E-state index is 6.33. The minimum absolute atomic E-state index is 0.369. The first kappa shape index (κ1) is 13.2. The van der Waals surface area contributed by atoms with Gasteiger partial charge < -0.3 is 5.32 Å². The van der Waals surface area contributed by atoms with Gasteiger partial charge in [0.2, 0.25) is 0 Å². The first-order chi connectivity index (χ1) is 8.15. The maximum Gasteiger partial charge on any atom is 0.0640 e. The van der Waals surface area contributed by atoms with E-state index in [0.29, 0.717) is 22.0 Å². The van der Waals surface area contributed by atoms with Crippen molar-refractivity contribution in [2.24, 2.45) is 5.92 Å². The van der Waals surface area contributed by atoms with Crippen LogP contribution in [0.3, 0.4) is 0 Å². The highest BCUT2D eigenvalue weighted by molar-refractivity contribution is 6.42. The number of benzene rings is 1. The molecule has 2 unspecified atom stereocenters. The molecule has 0 bridgehead atoms. The lowest BCUT2D eigenvalue weighted by Crippen LogP contribution is -2.27. The molecule has 1 saturated heterocycles. The van der Waals surface area contributed by atoms with Crippen molar-refractivity contribution < 1.29 is 0 Å². The molecule has 0 aliphatic carbocycles. The number of hydrogen-bond acceptors (Lipinski definition) is 2. The molecule has 1 aliphatic heterocycles. The lowest BCUT2D eigenvalue weighted by Gasteiger charge is -2.26. The Morgan fingerprint density at radius 2 is 2.18 bits per heavy atom. The van der Waals surface area contributed by atoms with Crippen LogP contribution >= 0.6 is 23.2 Å². The van der Waals surface area contributed by atoms with Crippen molar-refractivity contribution in [2.75, 3.05) is 27.2 Å². The minimum atomic E-state index is 0.369. The van der Waals surface area contributed by atoms with Crippen LogP contribution in [0.1, 0.15) is 18.0 Å². The van der Waals surface area contributed by atoms with Gasteiger partial charge in [0, 0.05) is 6.04 Å². The average molecular weight is 273 g/mol. The first-order valence-corrected chi connectivity index (χ1v) is 6.69. The molecule has 94 valence electrons. The third-order valence-electron chi connectivity index (χ3n) is 3.54. The Morgan fingerprint density at radius 3 is 2.88 bits per heavy atom. The van der Waals surface area contributed by atoms with E-state index in [4.69, 9.17) is 23.2 Å². The molecule has 2 rings (SSSR count). The average Bonchev–Trinajstić information content (AvgIpc) is 2.65. The van der Waals surface area contributed by atoms with E-state index in [0.717, 1.165) is 18.7 Å². The monoisotopic (exact) mass is 272 g/mol. The molecule has 0 amide bonds. The molecule has 0 saturated carbocycles. The van der Waals surface area contributed by atoms with Crippen molar-refractivity contribution in [2.45, 2.75) is 12.5 Å². The van der Waals surface area contributed by atoms with E-state index in [1.54, 1.807) is 0 Å². The fraction of sp³-hybridized carbons (Fsp3) is 0.538. The van der Waals surface area contributed by atoms with Crippen LogP contribution in [-0.4, -0.2) is 32.1 Å². The Bertz CT molecular complexity index is 393. The van der Waals surface area contributed by atoms with E-state index in [9.17, 15) is 0 Å². The van der Waals surface area contributed by atoms with Crippen LogP contribution in [0.5, 0.6) is 0 Å². The van der Waals surface area contributed by atoms with Crippen molar-refractivity contribution in [1.82, 2.24) is 10.2 Å². The summed E-state index contributed by atoms with van der Waals surface area (Å²) in [6, 6.07) is 6.28. The van der Waals surface area contributed by atoms with Crippen LogP contribution in [0.25, 0.3) is 0 Å². The second kappa shape index (κ2) is 5.57. The van der Waals surface area contributed by atoms with Gasteiger partial charge in [-0.25, -0.2) is 0 Å². The molecule has 1 heterocycles. The molecule has 0 spiro atoms. The van der Waals surface area contributed by atoms with Crippen molar-refractivity contribution >= 4 is 23.2 Å². The topological polar surface area (TPSA) is 15.3 Å². The number of nitrogens with one attached hydrogen (secondary N) is 1. The van der Waals surface area contributed by atoms with E-state index < -0.39 is 0 Å². The number of hydrogen-bond donors (Lipinski definition) is 1. The van der Waals surface area contributed by atoms with Crippen LogP contribution in [0.15, 0.2) is 18.2 Å². The lowest BCUT2D eigenvalue weighted by atomic mass is 9.93. The number of nitrogens with zero attached hydrogens (tertiary/aromatic N) is 1. The largest absolute Gasteiger partial charge is 0.319 e. The van der Waals surface area contributed by atoms with Crippen LogP contribution in [-0.2, 0) is 0 Å². The smallest absolute Gasteiger partial charge is 0.0640 e. The van der Waals surface area contributed by atoms with E-state index in [1.165, 1.54) is 6.42 Å². The molecular weight excluding hydrogens is 255 g/mol. The second-order valence-corrected chi connectivity index (χ2v) is 5.46. The molecule has 1 aliphatic rings. The number of rotatable bonds is 3. The summed E-state index contributed by atoms with van der Waals surface area (Å²) in [5.74, 6) is 0.598. The molecule has 1 N–H and O–H groups in total. The molecule has 1 fully saturated rings. The van der Waals surface area contributed by atoms with Crippen LogP contribution in [0.2, 0.25) is 10.0 Å². The molecule has 2 atom stereocenters. The highest BCUT2D eigenvalue weighted by Gasteiger charge is 2.33. The van der Waals surface area contributed by atoms with E-state index >= 15 is 0 Å². The Kier molecular flexibility index (Phi) is 4.31. The van der Waals surface area contributed by atoms with E-state index in [-0.39, 0.29) is 0 Å². The predicted molar refractivity (Wildman–Crippen MR) is 73.9 cm³/mol. The van der Waals surface area contributed by atoms with Gasteiger partial charge in [0.1, 0.15) is 0 Å². The Labute approximate surface area is 113 Å². The highest BCUT2D eigenvalue weighted by atomic mass is 35.5. The summed E-state index contributed by atoms with van der Waals surface area (Å²) in [7, 11) is 4.15. The summed E-state index contributed by atoms with van der Waals surface area (Å²) in [5.41, 5.74) is 1.15. The van der Waals surface area contributed by atoms with Crippen LogP contribution in [0, 0.1) is 5.92 Å². The molecular formula is C13H18Cl2N2. The van der Waals surface area contributed by atoms with Gasteiger partial charge in [0.05, 0.1) is 10.0 Å². The van der Waals surface area contributed by atoms with Crippen LogP contribution in [0.4, 0.5) is 0 Å². The summed E-state index contributed by atoms with van der Waals surface area (Å²) in [6.45, 7) is 2.12. The summed E-state index contributed by atoms with van der Waals surface area (Å²) >= 11 is 12.4. The Morgan fingerprint density at radius 1 is 1.41 bits per heavy atom. The lowest BCUT2D eigenvalue weighted by molar-refractivity contribution is 0.274. The zero-order valence-corrected chi connectivity index (χ0v) is 11.7. The normalized spacial score (nSPS) is 25.4.